The summed E-state index contributed by atoms with van der Waals surface area (Å²) in [6.45, 7) is 3.36. The van der Waals surface area contributed by atoms with Crippen LogP contribution in [0.5, 0.6) is 0 Å². The van der Waals surface area contributed by atoms with Crippen LogP contribution in [-0.4, -0.2) is 4.57 Å². The van der Waals surface area contributed by atoms with Crippen molar-refractivity contribution in [1.29, 1.82) is 0 Å². The van der Waals surface area contributed by atoms with E-state index in [1.807, 2.05) is 7.05 Å². The van der Waals surface area contributed by atoms with Crippen molar-refractivity contribution in [2.24, 2.45) is 7.05 Å². The molecule has 0 amide bonds. The zero-order valence-electron chi connectivity index (χ0n) is 7.13. The van der Waals surface area contributed by atoms with Crippen LogP contribution in [0.3, 0.4) is 0 Å². The van der Waals surface area contributed by atoms with E-state index in [1.165, 1.54) is 12.8 Å². The summed E-state index contributed by atoms with van der Waals surface area (Å²) < 4.78 is 4.28. The predicted octanol–water partition coefficient (Wildman–Crippen LogP) is -1.88. The van der Waals surface area contributed by atoms with Gasteiger partial charge in [0.25, 0.3) is 0 Å². The van der Waals surface area contributed by atoms with Crippen molar-refractivity contribution in [2.45, 2.75) is 26.3 Å². The molecule has 0 aromatic carbocycles. The SMILES string of the molecule is CCCCn1cc[n+](C)c1.[Cl-]. The van der Waals surface area contributed by atoms with Gasteiger partial charge in [-0.3, -0.25) is 0 Å². The molecule has 64 valence electrons. The number of unbranched alkanes of at least 4 members (excludes halogenated alkanes) is 1. The molecule has 0 saturated carbocycles. The van der Waals surface area contributed by atoms with E-state index in [1.54, 1.807) is 0 Å². The van der Waals surface area contributed by atoms with Crippen molar-refractivity contribution in [3.8, 4) is 0 Å². The summed E-state index contributed by atoms with van der Waals surface area (Å²) in [5.74, 6) is 0. The fourth-order valence-corrected chi connectivity index (χ4v) is 0.975. The van der Waals surface area contributed by atoms with Gasteiger partial charge in [0.2, 0.25) is 6.33 Å². The van der Waals surface area contributed by atoms with Crippen molar-refractivity contribution in [1.82, 2.24) is 4.57 Å². The van der Waals surface area contributed by atoms with E-state index < -0.39 is 0 Å². The predicted molar refractivity (Wildman–Crippen MR) is 40.5 cm³/mol. The lowest BCUT2D eigenvalue weighted by molar-refractivity contribution is -0.671. The largest absolute Gasteiger partial charge is 1.00 e. The molecule has 3 heteroatoms. The van der Waals surface area contributed by atoms with Crippen molar-refractivity contribution in [2.75, 3.05) is 0 Å². The molecular formula is C8H15ClN2. The molecule has 1 heterocycles. The molecule has 0 aliphatic heterocycles. The van der Waals surface area contributed by atoms with Gasteiger partial charge in [0.15, 0.2) is 0 Å². The standard InChI is InChI=1S/C8H15N2.ClH/c1-3-4-5-10-7-6-9(2)8-10;/h6-8H,3-5H2,1-2H3;1H/q+1;/p-1. The third-order valence-corrected chi connectivity index (χ3v) is 1.59. The monoisotopic (exact) mass is 174 g/mol. The van der Waals surface area contributed by atoms with Crippen molar-refractivity contribution >= 4 is 0 Å². The minimum Gasteiger partial charge on any atom is -1.00 e. The van der Waals surface area contributed by atoms with Gasteiger partial charge < -0.3 is 12.4 Å². The molecule has 0 unspecified atom stereocenters. The Labute approximate surface area is 74.3 Å². The Morgan fingerprint density at radius 2 is 2.18 bits per heavy atom. The Morgan fingerprint density at radius 3 is 2.64 bits per heavy atom. The molecule has 1 aromatic rings. The van der Waals surface area contributed by atoms with Gasteiger partial charge in [0, 0.05) is 0 Å². The second kappa shape index (κ2) is 5.19. The summed E-state index contributed by atoms with van der Waals surface area (Å²) >= 11 is 0. The third kappa shape index (κ3) is 3.42. The van der Waals surface area contributed by atoms with Crippen LogP contribution in [0, 0.1) is 0 Å². The van der Waals surface area contributed by atoms with Crippen LogP contribution in [-0.2, 0) is 13.6 Å². The topological polar surface area (TPSA) is 8.81 Å². The highest BCUT2D eigenvalue weighted by molar-refractivity contribution is 4.65. The van der Waals surface area contributed by atoms with Gasteiger partial charge in [-0.2, -0.15) is 0 Å². The Morgan fingerprint density at radius 1 is 1.45 bits per heavy atom. The van der Waals surface area contributed by atoms with Crippen LogP contribution in [0.15, 0.2) is 18.7 Å². The molecule has 0 N–H and O–H groups in total. The number of aromatic nitrogens is 2. The van der Waals surface area contributed by atoms with Gasteiger partial charge in [-0.05, 0) is 6.42 Å². The number of rotatable bonds is 3. The van der Waals surface area contributed by atoms with Gasteiger partial charge >= 0.3 is 0 Å². The molecule has 0 fully saturated rings. The maximum absolute atomic E-state index is 2.21. The third-order valence-electron chi connectivity index (χ3n) is 1.59. The van der Waals surface area contributed by atoms with E-state index in [0.717, 1.165) is 6.54 Å². The number of hydrogen-bond acceptors (Lipinski definition) is 0. The quantitative estimate of drug-likeness (QED) is 0.475. The summed E-state index contributed by atoms with van der Waals surface area (Å²) in [6.07, 6.45) is 8.82. The molecular weight excluding hydrogens is 160 g/mol. The van der Waals surface area contributed by atoms with E-state index in [-0.39, 0.29) is 12.4 Å². The molecule has 0 aliphatic rings. The van der Waals surface area contributed by atoms with Crippen LogP contribution in [0.25, 0.3) is 0 Å². The number of hydrogen-bond donors (Lipinski definition) is 0. The first-order valence-electron chi connectivity index (χ1n) is 3.84. The summed E-state index contributed by atoms with van der Waals surface area (Å²) in [5, 5.41) is 0. The van der Waals surface area contributed by atoms with Crippen LogP contribution >= 0.6 is 0 Å². The highest BCUT2D eigenvalue weighted by Crippen LogP contribution is 1.91. The normalized spacial score (nSPS) is 9.27. The highest BCUT2D eigenvalue weighted by atomic mass is 35.5. The molecule has 0 bridgehead atoms. The van der Waals surface area contributed by atoms with Crippen LogP contribution < -0.4 is 17.0 Å². The Bertz CT molecular complexity index is 196. The maximum atomic E-state index is 2.21. The zero-order valence-corrected chi connectivity index (χ0v) is 7.88. The fraction of sp³-hybridized carbons (Fsp3) is 0.625. The molecule has 1 aromatic heterocycles. The van der Waals surface area contributed by atoms with Gasteiger partial charge in [-0.15, -0.1) is 0 Å². The van der Waals surface area contributed by atoms with E-state index >= 15 is 0 Å². The number of nitrogens with zero attached hydrogens (tertiary/aromatic N) is 2. The Hall–Kier alpha value is -0.500. The average molecular weight is 175 g/mol. The Balaban J connectivity index is 0.000001000. The maximum Gasteiger partial charge on any atom is 0.243 e. The van der Waals surface area contributed by atoms with E-state index in [2.05, 4.69) is 34.8 Å². The second-order valence-corrected chi connectivity index (χ2v) is 2.67. The van der Waals surface area contributed by atoms with Crippen LogP contribution in [0.4, 0.5) is 0 Å². The van der Waals surface area contributed by atoms with Crippen molar-refractivity contribution < 1.29 is 17.0 Å². The molecule has 1 rings (SSSR count). The van der Waals surface area contributed by atoms with E-state index in [0.29, 0.717) is 0 Å². The van der Waals surface area contributed by atoms with Gasteiger partial charge in [-0.1, -0.05) is 13.3 Å². The molecule has 2 nitrogen and oxygen atoms in total. The summed E-state index contributed by atoms with van der Waals surface area (Å²) in [7, 11) is 2.04. The van der Waals surface area contributed by atoms with Crippen molar-refractivity contribution in [3.05, 3.63) is 18.7 Å². The average Bonchev–Trinajstić information content (AvgIpc) is 2.31. The van der Waals surface area contributed by atoms with Gasteiger partial charge in [0.05, 0.1) is 13.6 Å². The van der Waals surface area contributed by atoms with Gasteiger partial charge in [0.1, 0.15) is 12.4 Å². The number of aryl methyl sites for hydroxylation is 2. The summed E-state index contributed by atoms with van der Waals surface area (Å²) in [4.78, 5) is 0. The Kier molecular flexibility index (Phi) is 4.95. The van der Waals surface area contributed by atoms with Gasteiger partial charge in [-0.25, -0.2) is 9.13 Å². The lowest BCUT2D eigenvalue weighted by atomic mass is 10.3. The highest BCUT2D eigenvalue weighted by Gasteiger charge is 1.96. The van der Waals surface area contributed by atoms with Crippen molar-refractivity contribution in [3.63, 3.8) is 0 Å². The fourth-order valence-electron chi connectivity index (χ4n) is 0.975. The zero-order chi connectivity index (χ0) is 7.40. The molecule has 11 heavy (non-hydrogen) atoms. The smallest absolute Gasteiger partial charge is 0.243 e. The lowest BCUT2D eigenvalue weighted by Gasteiger charge is -1.90. The summed E-state index contributed by atoms with van der Waals surface area (Å²) in [5.41, 5.74) is 0. The molecule has 0 atom stereocenters. The minimum absolute atomic E-state index is 0. The second-order valence-electron chi connectivity index (χ2n) is 2.67. The number of halogens is 1. The minimum atomic E-state index is 0. The molecule has 0 spiro atoms. The first-order valence-corrected chi connectivity index (χ1v) is 3.84. The van der Waals surface area contributed by atoms with Crippen LogP contribution in [0.1, 0.15) is 19.8 Å². The van der Waals surface area contributed by atoms with Crippen LogP contribution in [0.2, 0.25) is 0 Å². The number of imidazole rings is 1. The van der Waals surface area contributed by atoms with E-state index in [9.17, 15) is 0 Å². The molecule has 0 radical (unpaired) electrons. The lowest BCUT2D eigenvalue weighted by Crippen LogP contribution is -3.00. The summed E-state index contributed by atoms with van der Waals surface area (Å²) in [6, 6.07) is 0. The first kappa shape index (κ1) is 10.5. The molecule has 0 saturated heterocycles. The first-order chi connectivity index (χ1) is 4.83. The molecule has 0 aliphatic carbocycles. The van der Waals surface area contributed by atoms with E-state index in [4.69, 9.17) is 0 Å².